The third-order valence-corrected chi connectivity index (χ3v) is 5.48. The lowest BCUT2D eigenvalue weighted by molar-refractivity contribution is 0.0718. The van der Waals surface area contributed by atoms with Crippen LogP contribution in [0.2, 0.25) is 0 Å². The molecule has 0 radical (unpaired) electrons. The molecule has 8 nitrogen and oxygen atoms in total. The lowest BCUT2D eigenvalue weighted by Gasteiger charge is -2.33. The SMILES string of the molecule is CCOc1ccc(C(=O)N2CCC(Nc3ccnc(N4CCOCC4)n3)CC2)cc1. The number of likely N-dealkylation sites (tertiary alicyclic amines) is 1. The highest BCUT2D eigenvalue weighted by atomic mass is 16.5. The standard InChI is InChI=1S/C22H29N5O3/c1-2-30-19-5-3-17(4-6-19)21(28)26-11-8-18(9-12-26)24-20-7-10-23-22(25-20)27-13-15-29-16-14-27/h3-7,10,18H,2,8-9,11-16H2,1H3,(H,23,24,25). The number of morpholine rings is 1. The van der Waals surface area contributed by atoms with Gasteiger partial charge in [-0.3, -0.25) is 4.79 Å². The fourth-order valence-corrected chi connectivity index (χ4v) is 3.82. The molecule has 0 unspecified atom stereocenters. The smallest absolute Gasteiger partial charge is 0.253 e. The molecule has 1 amide bonds. The third-order valence-electron chi connectivity index (χ3n) is 5.48. The molecular weight excluding hydrogens is 382 g/mol. The van der Waals surface area contributed by atoms with Crippen LogP contribution in [0.1, 0.15) is 30.1 Å². The van der Waals surface area contributed by atoms with Crippen LogP contribution in [-0.2, 0) is 4.74 Å². The number of amides is 1. The summed E-state index contributed by atoms with van der Waals surface area (Å²) in [5, 5.41) is 3.52. The van der Waals surface area contributed by atoms with E-state index in [1.165, 1.54) is 0 Å². The summed E-state index contributed by atoms with van der Waals surface area (Å²) in [6.07, 6.45) is 3.57. The summed E-state index contributed by atoms with van der Waals surface area (Å²) < 4.78 is 10.9. The Morgan fingerprint density at radius 2 is 1.87 bits per heavy atom. The number of nitrogens with zero attached hydrogens (tertiary/aromatic N) is 4. The van der Waals surface area contributed by atoms with Crippen LogP contribution in [0.15, 0.2) is 36.5 Å². The lowest BCUT2D eigenvalue weighted by atomic mass is 10.0. The first-order valence-corrected chi connectivity index (χ1v) is 10.7. The summed E-state index contributed by atoms with van der Waals surface area (Å²) >= 11 is 0. The van der Waals surface area contributed by atoms with Crippen molar-refractivity contribution >= 4 is 17.7 Å². The van der Waals surface area contributed by atoms with Gasteiger partial charge >= 0.3 is 0 Å². The van der Waals surface area contributed by atoms with Crippen molar-refractivity contribution in [3.05, 3.63) is 42.1 Å². The molecule has 0 saturated carbocycles. The van der Waals surface area contributed by atoms with Crippen molar-refractivity contribution in [3.8, 4) is 5.75 Å². The van der Waals surface area contributed by atoms with Crippen LogP contribution in [0, 0.1) is 0 Å². The molecule has 2 aliphatic heterocycles. The van der Waals surface area contributed by atoms with Gasteiger partial charge in [-0.2, -0.15) is 4.98 Å². The van der Waals surface area contributed by atoms with E-state index < -0.39 is 0 Å². The van der Waals surface area contributed by atoms with Crippen LogP contribution in [0.3, 0.4) is 0 Å². The largest absolute Gasteiger partial charge is 0.494 e. The van der Waals surface area contributed by atoms with Gasteiger partial charge in [0.05, 0.1) is 19.8 Å². The van der Waals surface area contributed by atoms with E-state index in [0.717, 1.165) is 56.5 Å². The van der Waals surface area contributed by atoms with Crippen molar-refractivity contribution in [1.82, 2.24) is 14.9 Å². The molecule has 0 bridgehead atoms. The van der Waals surface area contributed by atoms with E-state index in [1.807, 2.05) is 42.2 Å². The van der Waals surface area contributed by atoms with Gasteiger partial charge in [-0.25, -0.2) is 4.98 Å². The Bertz CT molecular complexity index is 831. The minimum atomic E-state index is 0.0770. The molecule has 1 aromatic carbocycles. The van der Waals surface area contributed by atoms with Gasteiger partial charge in [0.15, 0.2) is 0 Å². The Hall–Kier alpha value is -2.87. The van der Waals surface area contributed by atoms with Gasteiger partial charge < -0.3 is 24.6 Å². The van der Waals surface area contributed by atoms with E-state index in [9.17, 15) is 4.79 Å². The van der Waals surface area contributed by atoms with Gasteiger partial charge in [0.25, 0.3) is 5.91 Å². The zero-order valence-electron chi connectivity index (χ0n) is 17.4. The molecule has 160 valence electrons. The molecule has 4 rings (SSSR count). The quantitative estimate of drug-likeness (QED) is 0.782. The van der Waals surface area contributed by atoms with E-state index >= 15 is 0 Å². The normalized spacial score (nSPS) is 17.6. The van der Waals surface area contributed by atoms with Crippen molar-refractivity contribution in [2.75, 3.05) is 56.2 Å². The monoisotopic (exact) mass is 411 g/mol. The maximum absolute atomic E-state index is 12.8. The summed E-state index contributed by atoms with van der Waals surface area (Å²) in [5.74, 6) is 2.44. The molecule has 8 heteroatoms. The lowest BCUT2D eigenvalue weighted by Crippen LogP contribution is -2.42. The molecular formula is C22H29N5O3. The highest BCUT2D eigenvalue weighted by Gasteiger charge is 2.24. The van der Waals surface area contributed by atoms with Gasteiger partial charge in [-0.1, -0.05) is 0 Å². The van der Waals surface area contributed by atoms with E-state index in [4.69, 9.17) is 9.47 Å². The second-order valence-corrected chi connectivity index (χ2v) is 7.51. The predicted octanol–water partition coefficient (Wildman–Crippen LogP) is 2.43. The summed E-state index contributed by atoms with van der Waals surface area (Å²) in [6, 6.07) is 9.58. The highest BCUT2D eigenvalue weighted by Crippen LogP contribution is 2.20. The second kappa shape index (κ2) is 9.75. The molecule has 3 heterocycles. The average molecular weight is 412 g/mol. The predicted molar refractivity (Wildman–Crippen MR) is 115 cm³/mol. The average Bonchev–Trinajstić information content (AvgIpc) is 2.81. The van der Waals surface area contributed by atoms with Crippen LogP contribution in [-0.4, -0.2) is 72.8 Å². The zero-order valence-corrected chi connectivity index (χ0v) is 17.4. The number of hydrogen-bond acceptors (Lipinski definition) is 7. The molecule has 2 aromatic rings. The Morgan fingerprint density at radius 3 is 2.57 bits per heavy atom. The summed E-state index contributed by atoms with van der Waals surface area (Å²) in [6.45, 7) is 7.07. The van der Waals surface area contributed by atoms with Crippen molar-refractivity contribution in [2.24, 2.45) is 0 Å². The number of rotatable bonds is 6. The van der Waals surface area contributed by atoms with Crippen LogP contribution < -0.4 is 15.0 Å². The summed E-state index contributed by atoms with van der Waals surface area (Å²) in [4.78, 5) is 25.9. The van der Waals surface area contributed by atoms with Gasteiger partial charge in [-0.15, -0.1) is 0 Å². The number of benzene rings is 1. The molecule has 2 aliphatic rings. The fraction of sp³-hybridized carbons (Fsp3) is 0.500. The van der Waals surface area contributed by atoms with Gasteiger partial charge in [-0.05, 0) is 50.1 Å². The topological polar surface area (TPSA) is 79.8 Å². The van der Waals surface area contributed by atoms with Crippen molar-refractivity contribution in [1.29, 1.82) is 0 Å². The van der Waals surface area contributed by atoms with Gasteiger partial charge in [0.2, 0.25) is 5.95 Å². The third kappa shape index (κ3) is 4.99. The first-order chi connectivity index (χ1) is 14.7. The Kier molecular flexibility index (Phi) is 6.63. The molecule has 1 N–H and O–H groups in total. The number of ether oxygens (including phenoxy) is 2. The van der Waals surface area contributed by atoms with Crippen molar-refractivity contribution in [2.45, 2.75) is 25.8 Å². The zero-order chi connectivity index (χ0) is 20.8. The van der Waals surface area contributed by atoms with E-state index in [2.05, 4.69) is 20.2 Å². The first kappa shape index (κ1) is 20.4. The molecule has 2 saturated heterocycles. The molecule has 0 spiro atoms. The Labute approximate surface area is 177 Å². The maximum Gasteiger partial charge on any atom is 0.253 e. The Morgan fingerprint density at radius 1 is 1.13 bits per heavy atom. The number of aromatic nitrogens is 2. The van der Waals surface area contributed by atoms with Crippen molar-refractivity contribution in [3.63, 3.8) is 0 Å². The van der Waals surface area contributed by atoms with Gasteiger partial charge in [0, 0.05) is 44.0 Å². The van der Waals surface area contributed by atoms with Crippen molar-refractivity contribution < 1.29 is 14.3 Å². The maximum atomic E-state index is 12.8. The van der Waals surface area contributed by atoms with E-state index in [0.29, 0.717) is 31.4 Å². The number of anilines is 2. The molecule has 0 atom stereocenters. The number of piperidine rings is 1. The van der Waals surface area contributed by atoms with E-state index in [-0.39, 0.29) is 5.91 Å². The Balaban J connectivity index is 1.30. The van der Waals surface area contributed by atoms with Crippen LogP contribution in [0.25, 0.3) is 0 Å². The highest BCUT2D eigenvalue weighted by molar-refractivity contribution is 5.94. The van der Waals surface area contributed by atoms with Crippen LogP contribution in [0.4, 0.5) is 11.8 Å². The molecule has 0 aliphatic carbocycles. The van der Waals surface area contributed by atoms with Crippen LogP contribution >= 0.6 is 0 Å². The fourth-order valence-electron chi connectivity index (χ4n) is 3.82. The summed E-state index contributed by atoms with van der Waals surface area (Å²) in [7, 11) is 0. The molecule has 2 fully saturated rings. The molecule has 1 aromatic heterocycles. The summed E-state index contributed by atoms with van der Waals surface area (Å²) in [5.41, 5.74) is 0.704. The number of carbonyl (C=O) groups is 1. The van der Waals surface area contributed by atoms with Gasteiger partial charge in [0.1, 0.15) is 11.6 Å². The van der Waals surface area contributed by atoms with Crippen LogP contribution in [0.5, 0.6) is 5.75 Å². The number of hydrogen-bond donors (Lipinski definition) is 1. The van der Waals surface area contributed by atoms with E-state index in [1.54, 1.807) is 6.20 Å². The minimum absolute atomic E-state index is 0.0770. The number of carbonyl (C=O) groups excluding carboxylic acids is 1. The minimum Gasteiger partial charge on any atom is -0.494 e. The molecule has 30 heavy (non-hydrogen) atoms. The second-order valence-electron chi connectivity index (χ2n) is 7.51. The first-order valence-electron chi connectivity index (χ1n) is 10.7. The number of nitrogens with one attached hydrogen (secondary N) is 1.